The zero-order valence-corrected chi connectivity index (χ0v) is 12.4. The minimum Gasteiger partial charge on any atom is -0.337 e. The highest BCUT2D eigenvalue weighted by Crippen LogP contribution is 2.27. The monoisotopic (exact) mass is 288 g/mol. The van der Waals surface area contributed by atoms with Crippen molar-refractivity contribution in [2.75, 3.05) is 11.9 Å². The van der Waals surface area contributed by atoms with Crippen molar-refractivity contribution < 1.29 is 4.79 Å². The number of carbonyl (C=O) groups is 1. The number of aromatic nitrogens is 4. The van der Waals surface area contributed by atoms with Crippen LogP contribution in [0, 0.1) is 0 Å². The molecule has 1 N–H and O–H groups in total. The van der Waals surface area contributed by atoms with E-state index in [1.807, 2.05) is 31.1 Å². The van der Waals surface area contributed by atoms with E-state index in [1.165, 1.54) is 0 Å². The number of nitrogens with zero attached hydrogens (tertiary/aromatic N) is 5. The van der Waals surface area contributed by atoms with Crippen LogP contribution in [0.25, 0.3) is 0 Å². The van der Waals surface area contributed by atoms with Gasteiger partial charge in [-0.25, -0.2) is 4.98 Å². The predicted octanol–water partition coefficient (Wildman–Crippen LogP) is 0.757. The first-order valence-electron chi connectivity index (χ1n) is 7.11. The van der Waals surface area contributed by atoms with Crippen molar-refractivity contribution in [1.82, 2.24) is 24.2 Å². The predicted molar refractivity (Wildman–Crippen MR) is 78.5 cm³/mol. The Bertz CT molecular complexity index is 627. The highest BCUT2D eigenvalue weighted by atomic mass is 16.2. The number of anilines is 1. The van der Waals surface area contributed by atoms with Gasteiger partial charge in [0.25, 0.3) is 0 Å². The van der Waals surface area contributed by atoms with Crippen LogP contribution in [0.3, 0.4) is 0 Å². The molecule has 1 fully saturated rings. The van der Waals surface area contributed by atoms with Crippen LogP contribution < -0.4 is 5.32 Å². The lowest BCUT2D eigenvalue weighted by Gasteiger charge is -2.20. The molecule has 2 aromatic heterocycles. The maximum Gasteiger partial charge on any atom is 0.239 e. The van der Waals surface area contributed by atoms with Gasteiger partial charge >= 0.3 is 0 Å². The molecule has 0 atom stereocenters. The van der Waals surface area contributed by atoms with Crippen molar-refractivity contribution in [1.29, 1.82) is 0 Å². The summed E-state index contributed by atoms with van der Waals surface area (Å²) in [5.74, 6) is 1.54. The van der Waals surface area contributed by atoms with Crippen LogP contribution in [0.5, 0.6) is 0 Å². The molecule has 1 amide bonds. The Morgan fingerprint density at radius 1 is 1.43 bits per heavy atom. The summed E-state index contributed by atoms with van der Waals surface area (Å²) in [5, 5.41) is 6.99. The van der Waals surface area contributed by atoms with E-state index in [-0.39, 0.29) is 5.91 Å². The van der Waals surface area contributed by atoms with Gasteiger partial charge in [-0.05, 0) is 12.8 Å². The minimum atomic E-state index is -0.0326. The van der Waals surface area contributed by atoms with Crippen LogP contribution in [0.2, 0.25) is 0 Å². The highest BCUT2D eigenvalue weighted by molar-refractivity contribution is 5.91. The largest absolute Gasteiger partial charge is 0.337 e. The van der Waals surface area contributed by atoms with Gasteiger partial charge in [0.05, 0.1) is 13.1 Å². The SMILES string of the molecule is Cn1ccc(NC(=O)CN(Cc2nccn2C)C2CC2)n1. The lowest BCUT2D eigenvalue weighted by molar-refractivity contribution is -0.117. The summed E-state index contributed by atoms with van der Waals surface area (Å²) >= 11 is 0. The van der Waals surface area contributed by atoms with E-state index in [4.69, 9.17) is 0 Å². The first-order chi connectivity index (χ1) is 10.1. The molecular formula is C14H20N6O. The molecule has 2 aromatic rings. The van der Waals surface area contributed by atoms with Crippen molar-refractivity contribution in [3.05, 3.63) is 30.5 Å². The Hall–Kier alpha value is -2.15. The molecule has 1 aliphatic carbocycles. The first kappa shape index (κ1) is 13.8. The molecule has 2 heterocycles. The van der Waals surface area contributed by atoms with Crippen molar-refractivity contribution in [2.24, 2.45) is 14.1 Å². The van der Waals surface area contributed by atoms with E-state index < -0.39 is 0 Å². The van der Waals surface area contributed by atoms with Crippen molar-refractivity contribution in [2.45, 2.75) is 25.4 Å². The molecule has 0 bridgehead atoms. The number of carbonyl (C=O) groups excluding carboxylic acids is 1. The third-order valence-corrected chi connectivity index (χ3v) is 3.66. The number of rotatable bonds is 6. The second kappa shape index (κ2) is 5.69. The number of hydrogen-bond acceptors (Lipinski definition) is 4. The summed E-state index contributed by atoms with van der Waals surface area (Å²) in [6.45, 7) is 1.07. The second-order valence-corrected chi connectivity index (χ2v) is 5.51. The molecule has 3 rings (SSSR count). The fourth-order valence-electron chi connectivity index (χ4n) is 2.33. The number of hydrogen-bond donors (Lipinski definition) is 1. The summed E-state index contributed by atoms with van der Waals surface area (Å²) in [6.07, 6.45) is 7.83. The van der Waals surface area contributed by atoms with Crippen LogP contribution in [0.15, 0.2) is 24.7 Å². The average molecular weight is 288 g/mol. The molecule has 0 aromatic carbocycles. The number of aryl methyl sites for hydroxylation is 2. The Morgan fingerprint density at radius 3 is 2.81 bits per heavy atom. The maximum atomic E-state index is 12.1. The summed E-state index contributed by atoms with van der Waals surface area (Å²) in [4.78, 5) is 18.7. The molecule has 0 radical (unpaired) electrons. The number of nitrogens with one attached hydrogen (secondary N) is 1. The van der Waals surface area contributed by atoms with Gasteiger partial charge in [-0.15, -0.1) is 0 Å². The van der Waals surface area contributed by atoms with Crippen molar-refractivity contribution in [3.63, 3.8) is 0 Å². The smallest absolute Gasteiger partial charge is 0.239 e. The van der Waals surface area contributed by atoms with Gasteiger partial charge in [0.1, 0.15) is 5.82 Å². The standard InChI is InChI=1S/C14H20N6O/c1-18-8-6-15-13(18)9-20(11-3-4-11)10-14(21)16-12-5-7-19(2)17-12/h5-8,11H,3-4,9-10H2,1-2H3,(H,16,17,21). The van der Waals surface area contributed by atoms with Crippen LogP contribution in [-0.4, -0.2) is 42.7 Å². The van der Waals surface area contributed by atoms with Gasteiger partial charge in [-0.2, -0.15) is 5.10 Å². The van der Waals surface area contributed by atoms with E-state index in [0.29, 0.717) is 24.9 Å². The van der Waals surface area contributed by atoms with Crippen molar-refractivity contribution in [3.8, 4) is 0 Å². The Balaban J connectivity index is 1.60. The normalized spacial score (nSPS) is 14.6. The van der Waals surface area contributed by atoms with Crippen molar-refractivity contribution >= 4 is 11.7 Å². The number of amides is 1. The molecule has 0 saturated heterocycles. The first-order valence-corrected chi connectivity index (χ1v) is 7.11. The highest BCUT2D eigenvalue weighted by Gasteiger charge is 2.31. The molecular weight excluding hydrogens is 268 g/mol. The fourth-order valence-corrected chi connectivity index (χ4v) is 2.33. The molecule has 7 nitrogen and oxygen atoms in total. The van der Waals surface area contributed by atoms with Gasteiger partial charge in [0, 0.05) is 44.8 Å². The van der Waals surface area contributed by atoms with Crippen LogP contribution in [-0.2, 0) is 25.4 Å². The van der Waals surface area contributed by atoms with Gasteiger partial charge in [-0.1, -0.05) is 0 Å². The molecule has 0 unspecified atom stereocenters. The van der Waals surface area contributed by atoms with E-state index in [0.717, 1.165) is 18.7 Å². The fraction of sp³-hybridized carbons (Fsp3) is 0.500. The third-order valence-electron chi connectivity index (χ3n) is 3.66. The quantitative estimate of drug-likeness (QED) is 0.852. The Labute approximate surface area is 123 Å². The minimum absolute atomic E-state index is 0.0326. The average Bonchev–Trinajstić information content (AvgIpc) is 3.10. The molecule has 1 aliphatic rings. The zero-order chi connectivity index (χ0) is 14.8. The topological polar surface area (TPSA) is 68.0 Å². The van der Waals surface area contributed by atoms with Gasteiger partial charge in [-0.3, -0.25) is 14.4 Å². The summed E-state index contributed by atoms with van der Waals surface area (Å²) in [5.41, 5.74) is 0. The van der Waals surface area contributed by atoms with Gasteiger partial charge in [0.2, 0.25) is 5.91 Å². The molecule has 0 spiro atoms. The lowest BCUT2D eigenvalue weighted by atomic mass is 10.4. The van der Waals surface area contributed by atoms with Crippen LogP contribution in [0.4, 0.5) is 5.82 Å². The van der Waals surface area contributed by atoms with Gasteiger partial charge < -0.3 is 9.88 Å². The van der Waals surface area contributed by atoms with Crippen LogP contribution in [0.1, 0.15) is 18.7 Å². The second-order valence-electron chi connectivity index (χ2n) is 5.51. The molecule has 112 valence electrons. The Kier molecular flexibility index (Phi) is 3.74. The van der Waals surface area contributed by atoms with E-state index in [1.54, 1.807) is 16.9 Å². The van der Waals surface area contributed by atoms with E-state index in [9.17, 15) is 4.79 Å². The van der Waals surface area contributed by atoms with Crippen LogP contribution >= 0.6 is 0 Å². The lowest BCUT2D eigenvalue weighted by Crippen LogP contribution is -2.35. The summed E-state index contributed by atoms with van der Waals surface area (Å²) in [6, 6.07) is 2.29. The summed E-state index contributed by atoms with van der Waals surface area (Å²) < 4.78 is 3.66. The van der Waals surface area contributed by atoms with Gasteiger partial charge in [0.15, 0.2) is 5.82 Å². The molecule has 1 saturated carbocycles. The molecule has 0 aliphatic heterocycles. The summed E-state index contributed by atoms with van der Waals surface area (Å²) in [7, 11) is 3.80. The maximum absolute atomic E-state index is 12.1. The Morgan fingerprint density at radius 2 is 2.24 bits per heavy atom. The van der Waals surface area contributed by atoms with E-state index in [2.05, 4.69) is 20.3 Å². The number of imidazole rings is 1. The van der Waals surface area contributed by atoms with E-state index >= 15 is 0 Å². The zero-order valence-electron chi connectivity index (χ0n) is 12.4. The third kappa shape index (κ3) is 3.49. The molecule has 21 heavy (non-hydrogen) atoms. The molecule has 7 heteroatoms.